The average Bonchev–Trinajstić information content (AvgIpc) is 3.06. The third-order valence-electron chi connectivity index (χ3n) is 3.60. The molecule has 0 radical (unpaired) electrons. The van der Waals surface area contributed by atoms with Gasteiger partial charge in [-0.15, -0.1) is 11.3 Å². The minimum atomic E-state index is 0.0500. The van der Waals surface area contributed by atoms with Gasteiger partial charge in [-0.1, -0.05) is 40.2 Å². The number of nitrogens with one attached hydrogen (secondary N) is 1. The molecule has 20 heavy (non-hydrogen) atoms. The molecule has 2 nitrogen and oxygen atoms in total. The molecule has 1 aliphatic carbocycles. The molecule has 1 heterocycles. The molecule has 0 unspecified atom stereocenters. The van der Waals surface area contributed by atoms with Crippen LogP contribution in [0.5, 0.6) is 0 Å². The number of halogens is 1. The van der Waals surface area contributed by atoms with E-state index in [0.29, 0.717) is 6.54 Å². The molecule has 0 atom stereocenters. The van der Waals surface area contributed by atoms with Crippen LogP contribution >= 0.6 is 27.3 Å². The van der Waals surface area contributed by atoms with Crippen LogP contribution in [0.15, 0.2) is 30.3 Å². The van der Waals surface area contributed by atoms with Gasteiger partial charge in [-0.3, -0.25) is 4.79 Å². The number of rotatable bonds is 4. The monoisotopic (exact) mass is 349 g/mol. The third-order valence-corrected chi connectivity index (χ3v) is 5.48. The van der Waals surface area contributed by atoms with Gasteiger partial charge in [0.25, 0.3) is 5.91 Å². The number of hydrogen-bond acceptors (Lipinski definition) is 2. The van der Waals surface area contributed by atoms with Crippen molar-refractivity contribution in [3.05, 3.63) is 56.8 Å². The summed E-state index contributed by atoms with van der Waals surface area (Å²) in [5.41, 5.74) is 3.75. The Kier molecular flexibility index (Phi) is 4.22. The Hall–Kier alpha value is -1.13. The smallest absolute Gasteiger partial charge is 0.261 e. The van der Waals surface area contributed by atoms with E-state index in [2.05, 4.69) is 51.6 Å². The van der Waals surface area contributed by atoms with E-state index in [1.54, 1.807) is 11.3 Å². The summed E-state index contributed by atoms with van der Waals surface area (Å²) in [7, 11) is 0. The zero-order valence-electron chi connectivity index (χ0n) is 11.1. The molecule has 1 amide bonds. The number of carbonyl (C=O) groups is 1. The molecule has 104 valence electrons. The van der Waals surface area contributed by atoms with Crippen LogP contribution in [0, 0.1) is 0 Å². The Balaban J connectivity index is 1.60. The van der Waals surface area contributed by atoms with Crippen LogP contribution in [0.4, 0.5) is 0 Å². The largest absolute Gasteiger partial charge is 0.347 e. The standard InChI is InChI=1S/C16H16BrNOS/c17-9-11-4-6-12(7-5-11)10-18-16(19)15-8-13-2-1-3-14(13)20-15/h4-8H,1-3,9-10H2,(H,18,19). The molecular weight excluding hydrogens is 334 g/mol. The molecule has 1 aromatic heterocycles. The highest BCUT2D eigenvalue weighted by molar-refractivity contribution is 9.08. The van der Waals surface area contributed by atoms with Gasteiger partial charge in [0.1, 0.15) is 0 Å². The second-order valence-electron chi connectivity index (χ2n) is 5.05. The average molecular weight is 350 g/mol. The number of thiophene rings is 1. The maximum atomic E-state index is 12.1. The van der Waals surface area contributed by atoms with Crippen molar-refractivity contribution in [3.8, 4) is 0 Å². The summed E-state index contributed by atoms with van der Waals surface area (Å²) in [6.45, 7) is 0.587. The maximum Gasteiger partial charge on any atom is 0.261 e. The third kappa shape index (κ3) is 2.96. The predicted molar refractivity (Wildman–Crippen MR) is 86.6 cm³/mol. The second kappa shape index (κ2) is 6.10. The topological polar surface area (TPSA) is 29.1 Å². The summed E-state index contributed by atoms with van der Waals surface area (Å²) in [6, 6.07) is 10.3. The highest BCUT2D eigenvalue weighted by Crippen LogP contribution is 2.30. The number of hydrogen-bond donors (Lipinski definition) is 1. The molecule has 0 spiro atoms. The van der Waals surface area contributed by atoms with Crippen molar-refractivity contribution in [1.82, 2.24) is 5.32 Å². The van der Waals surface area contributed by atoms with Gasteiger partial charge in [-0.25, -0.2) is 0 Å². The van der Waals surface area contributed by atoms with Crippen LogP contribution in [0.1, 0.15) is 37.7 Å². The molecular formula is C16H16BrNOS. The lowest BCUT2D eigenvalue weighted by atomic mass is 10.1. The van der Waals surface area contributed by atoms with Gasteiger partial charge in [-0.05, 0) is 42.0 Å². The van der Waals surface area contributed by atoms with Gasteiger partial charge in [0.2, 0.25) is 0 Å². The molecule has 0 saturated heterocycles. The minimum absolute atomic E-state index is 0.0500. The van der Waals surface area contributed by atoms with Gasteiger partial charge < -0.3 is 5.32 Å². The van der Waals surface area contributed by atoms with E-state index in [4.69, 9.17) is 0 Å². The molecule has 0 saturated carbocycles. The van der Waals surface area contributed by atoms with Crippen molar-refractivity contribution in [2.45, 2.75) is 31.1 Å². The van der Waals surface area contributed by atoms with Gasteiger partial charge in [0.15, 0.2) is 0 Å². The fourth-order valence-corrected chi connectivity index (χ4v) is 4.00. The molecule has 1 aromatic carbocycles. The van der Waals surface area contributed by atoms with Gasteiger partial charge in [0, 0.05) is 16.8 Å². The Morgan fingerprint density at radius 2 is 1.95 bits per heavy atom. The second-order valence-corrected chi connectivity index (χ2v) is 6.74. The first kappa shape index (κ1) is 13.8. The number of benzene rings is 1. The summed E-state index contributed by atoms with van der Waals surface area (Å²) < 4.78 is 0. The first-order chi connectivity index (χ1) is 9.76. The number of alkyl halides is 1. The van der Waals surface area contributed by atoms with E-state index in [9.17, 15) is 4.79 Å². The number of aryl methyl sites for hydroxylation is 2. The molecule has 0 bridgehead atoms. The maximum absolute atomic E-state index is 12.1. The summed E-state index contributed by atoms with van der Waals surface area (Å²) in [4.78, 5) is 14.4. The summed E-state index contributed by atoms with van der Waals surface area (Å²) >= 11 is 5.08. The summed E-state index contributed by atoms with van der Waals surface area (Å²) in [5.74, 6) is 0.0500. The lowest BCUT2D eigenvalue weighted by Gasteiger charge is -2.04. The van der Waals surface area contributed by atoms with E-state index < -0.39 is 0 Å². The lowest BCUT2D eigenvalue weighted by molar-refractivity contribution is 0.0955. The molecule has 0 fully saturated rings. The van der Waals surface area contributed by atoms with Crippen molar-refractivity contribution < 1.29 is 4.79 Å². The van der Waals surface area contributed by atoms with Crippen molar-refractivity contribution in [2.75, 3.05) is 0 Å². The first-order valence-corrected chi connectivity index (χ1v) is 8.73. The fraction of sp³-hybridized carbons (Fsp3) is 0.312. The molecule has 1 N–H and O–H groups in total. The van der Waals surface area contributed by atoms with E-state index in [-0.39, 0.29) is 5.91 Å². The van der Waals surface area contributed by atoms with Gasteiger partial charge >= 0.3 is 0 Å². The number of fused-ring (bicyclic) bond motifs is 1. The Labute approximate surface area is 131 Å². The summed E-state index contributed by atoms with van der Waals surface area (Å²) in [6.07, 6.45) is 3.51. The number of carbonyl (C=O) groups excluding carboxylic acids is 1. The highest BCUT2D eigenvalue weighted by atomic mass is 79.9. The highest BCUT2D eigenvalue weighted by Gasteiger charge is 2.18. The van der Waals surface area contributed by atoms with E-state index >= 15 is 0 Å². The normalized spacial score (nSPS) is 13.2. The fourth-order valence-electron chi connectivity index (χ4n) is 2.46. The zero-order chi connectivity index (χ0) is 13.9. The van der Waals surface area contributed by atoms with E-state index in [1.165, 1.54) is 22.4 Å². The van der Waals surface area contributed by atoms with E-state index in [0.717, 1.165) is 28.6 Å². The summed E-state index contributed by atoms with van der Waals surface area (Å²) in [5, 5.41) is 3.86. The van der Waals surface area contributed by atoms with E-state index in [1.807, 2.05) is 0 Å². The zero-order valence-corrected chi connectivity index (χ0v) is 13.5. The van der Waals surface area contributed by atoms with Crippen LogP contribution in [-0.2, 0) is 24.7 Å². The van der Waals surface area contributed by atoms with Crippen LogP contribution < -0.4 is 5.32 Å². The van der Waals surface area contributed by atoms with Crippen LogP contribution in [-0.4, -0.2) is 5.91 Å². The Bertz CT molecular complexity index is 596. The van der Waals surface area contributed by atoms with Crippen molar-refractivity contribution in [1.29, 1.82) is 0 Å². The van der Waals surface area contributed by atoms with Crippen LogP contribution in [0.2, 0.25) is 0 Å². The minimum Gasteiger partial charge on any atom is -0.347 e. The Morgan fingerprint density at radius 1 is 1.20 bits per heavy atom. The van der Waals surface area contributed by atoms with Crippen molar-refractivity contribution in [3.63, 3.8) is 0 Å². The SMILES string of the molecule is O=C(NCc1ccc(CBr)cc1)c1cc2c(s1)CCC2. The first-order valence-electron chi connectivity index (χ1n) is 6.80. The molecule has 2 aromatic rings. The quantitative estimate of drug-likeness (QED) is 0.828. The molecule has 0 aliphatic heterocycles. The van der Waals surface area contributed by atoms with Crippen LogP contribution in [0.25, 0.3) is 0 Å². The van der Waals surface area contributed by atoms with Gasteiger partial charge in [0.05, 0.1) is 4.88 Å². The van der Waals surface area contributed by atoms with Crippen molar-refractivity contribution >= 4 is 33.2 Å². The lowest BCUT2D eigenvalue weighted by Crippen LogP contribution is -2.21. The predicted octanol–water partition coefficient (Wildman–Crippen LogP) is 4.06. The number of amides is 1. The molecule has 1 aliphatic rings. The Morgan fingerprint density at radius 3 is 2.65 bits per heavy atom. The van der Waals surface area contributed by atoms with Crippen molar-refractivity contribution in [2.24, 2.45) is 0 Å². The molecule has 4 heteroatoms. The molecule has 3 rings (SSSR count). The van der Waals surface area contributed by atoms with Crippen LogP contribution in [0.3, 0.4) is 0 Å². The van der Waals surface area contributed by atoms with Gasteiger partial charge in [-0.2, -0.15) is 0 Å².